The number of hydrogen-bond donors (Lipinski definition) is 1. The van der Waals surface area contributed by atoms with Gasteiger partial charge >= 0.3 is 0 Å². The number of fused-ring (bicyclic) bond motifs is 1. The van der Waals surface area contributed by atoms with E-state index in [-0.39, 0.29) is 11.6 Å². The first-order chi connectivity index (χ1) is 13.6. The average Bonchev–Trinajstić information content (AvgIpc) is 2.73. The van der Waals surface area contributed by atoms with Gasteiger partial charge in [-0.1, -0.05) is 6.07 Å². The molecule has 1 N–H and O–H groups in total. The lowest BCUT2D eigenvalue weighted by atomic mass is 9.98. The third kappa shape index (κ3) is 3.13. The molecule has 4 aromatic rings. The van der Waals surface area contributed by atoms with Crippen molar-refractivity contribution in [2.75, 3.05) is 19.5 Å². The second kappa shape index (κ2) is 7.23. The van der Waals surface area contributed by atoms with Crippen LogP contribution in [0.25, 0.3) is 33.4 Å². The standard InChI is InChI=1S/C22H19FN4O/c1-13-9-19-17(11-16(13)14-6-7-18(23)20(10-14)28-3)22(24-2)27-21(26-19)15-5-4-8-25-12-15/h4-12H,1-3H3,(H,24,26,27). The summed E-state index contributed by atoms with van der Waals surface area (Å²) in [6.45, 7) is 2.01. The minimum Gasteiger partial charge on any atom is -0.494 e. The van der Waals surface area contributed by atoms with Crippen LogP contribution in [0.15, 0.2) is 54.9 Å². The second-order valence-electron chi connectivity index (χ2n) is 6.42. The summed E-state index contributed by atoms with van der Waals surface area (Å²) in [4.78, 5) is 13.5. The number of anilines is 1. The summed E-state index contributed by atoms with van der Waals surface area (Å²) in [5.41, 5.74) is 4.55. The molecule has 2 aromatic heterocycles. The van der Waals surface area contributed by atoms with Crippen molar-refractivity contribution in [3.05, 3.63) is 66.2 Å². The number of nitrogens with one attached hydrogen (secondary N) is 1. The molecule has 0 unspecified atom stereocenters. The second-order valence-corrected chi connectivity index (χ2v) is 6.42. The summed E-state index contributed by atoms with van der Waals surface area (Å²) in [7, 11) is 3.29. The first kappa shape index (κ1) is 17.9. The maximum atomic E-state index is 13.8. The van der Waals surface area contributed by atoms with Gasteiger partial charge in [-0.15, -0.1) is 0 Å². The minimum atomic E-state index is -0.384. The molecule has 0 aliphatic heterocycles. The van der Waals surface area contributed by atoms with Crippen molar-refractivity contribution in [2.24, 2.45) is 0 Å². The van der Waals surface area contributed by atoms with E-state index in [9.17, 15) is 4.39 Å². The number of pyridine rings is 1. The highest BCUT2D eigenvalue weighted by atomic mass is 19.1. The molecule has 0 amide bonds. The summed E-state index contributed by atoms with van der Waals surface area (Å²) in [6, 6.07) is 12.7. The molecule has 0 bridgehead atoms. The highest BCUT2D eigenvalue weighted by molar-refractivity contribution is 5.95. The zero-order valence-electron chi connectivity index (χ0n) is 15.8. The van der Waals surface area contributed by atoms with Crippen LogP contribution >= 0.6 is 0 Å². The van der Waals surface area contributed by atoms with Gasteiger partial charge in [0.1, 0.15) is 5.82 Å². The van der Waals surface area contributed by atoms with Crippen molar-refractivity contribution in [1.82, 2.24) is 15.0 Å². The Kier molecular flexibility index (Phi) is 4.61. The summed E-state index contributed by atoms with van der Waals surface area (Å²) >= 11 is 0. The lowest BCUT2D eigenvalue weighted by Crippen LogP contribution is -2.00. The van der Waals surface area contributed by atoms with E-state index in [2.05, 4.69) is 15.3 Å². The number of aromatic nitrogens is 3. The maximum Gasteiger partial charge on any atom is 0.165 e. The Balaban J connectivity index is 1.91. The lowest BCUT2D eigenvalue weighted by molar-refractivity contribution is 0.387. The molecule has 0 atom stereocenters. The number of ether oxygens (including phenoxy) is 1. The van der Waals surface area contributed by atoms with E-state index in [1.807, 2.05) is 38.2 Å². The molecule has 28 heavy (non-hydrogen) atoms. The number of methoxy groups -OCH3 is 1. The molecular formula is C22H19FN4O. The van der Waals surface area contributed by atoms with Gasteiger partial charge in [0, 0.05) is 30.4 Å². The monoisotopic (exact) mass is 374 g/mol. The van der Waals surface area contributed by atoms with Crippen LogP contribution in [0, 0.1) is 12.7 Å². The van der Waals surface area contributed by atoms with Gasteiger partial charge in [-0.25, -0.2) is 14.4 Å². The SMILES string of the molecule is CNc1nc(-c2cccnc2)nc2cc(C)c(-c3ccc(F)c(OC)c3)cc12. The number of benzene rings is 2. The molecule has 0 saturated heterocycles. The van der Waals surface area contributed by atoms with Crippen LogP contribution in [0.1, 0.15) is 5.56 Å². The first-order valence-electron chi connectivity index (χ1n) is 8.85. The largest absolute Gasteiger partial charge is 0.494 e. The minimum absolute atomic E-state index is 0.217. The summed E-state index contributed by atoms with van der Waals surface area (Å²) in [6.07, 6.45) is 3.46. The van der Waals surface area contributed by atoms with Gasteiger partial charge in [-0.2, -0.15) is 0 Å². The van der Waals surface area contributed by atoms with Crippen molar-refractivity contribution in [2.45, 2.75) is 6.92 Å². The van der Waals surface area contributed by atoms with Gasteiger partial charge < -0.3 is 10.1 Å². The number of hydrogen-bond acceptors (Lipinski definition) is 5. The average molecular weight is 374 g/mol. The van der Waals surface area contributed by atoms with Gasteiger partial charge in [0.2, 0.25) is 0 Å². The van der Waals surface area contributed by atoms with Crippen LogP contribution in [0.4, 0.5) is 10.2 Å². The van der Waals surface area contributed by atoms with Crippen LogP contribution in [-0.4, -0.2) is 29.1 Å². The Hall–Kier alpha value is -3.54. The molecule has 5 nitrogen and oxygen atoms in total. The number of nitrogens with zero attached hydrogens (tertiary/aromatic N) is 3. The van der Waals surface area contributed by atoms with E-state index >= 15 is 0 Å². The van der Waals surface area contributed by atoms with E-state index in [4.69, 9.17) is 9.72 Å². The van der Waals surface area contributed by atoms with Gasteiger partial charge in [-0.3, -0.25) is 4.98 Å². The van der Waals surface area contributed by atoms with Crippen LogP contribution in [-0.2, 0) is 0 Å². The Labute approximate surface area is 162 Å². The van der Waals surface area contributed by atoms with Crippen molar-refractivity contribution in [1.29, 1.82) is 0 Å². The quantitative estimate of drug-likeness (QED) is 0.553. The van der Waals surface area contributed by atoms with Crippen LogP contribution < -0.4 is 10.1 Å². The smallest absolute Gasteiger partial charge is 0.165 e. The molecule has 0 fully saturated rings. The molecule has 0 saturated carbocycles. The van der Waals surface area contributed by atoms with Crippen LogP contribution in [0.2, 0.25) is 0 Å². The fourth-order valence-electron chi connectivity index (χ4n) is 3.23. The van der Waals surface area contributed by atoms with Gasteiger partial charge in [-0.05, 0) is 60.0 Å². The normalized spacial score (nSPS) is 10.9. The zero-order valence-corrected chi connectivity index (χ0v) is 15.8. The molecule has 0 aliphatic rings. The third-order valence-electron chi connectivity index (χ3n) is 4.66. The first-order valence-corrected chi connectivity index (χ1v) is 8.85. The lowest BCUT2D eigenvalue weighted by Gasteiger charge is -2.13. The zero-order chi connectivity index (χ0) is 19.7. The fraction of sp³-hybridized carbons (Fsp3) is 0.136. The topological polar surface area (TPSA) is 59.9 Å². The van der Waals surface area contributed by atoms with E-state index < -0.39 is 0 Å². The molecule has 4 rings (SSSR count). The third-order valence-corrected chi connectivity index (χ3v) is 4.66. The Morgan fingerprint density at radius 1 is 1.04 bits per heavy atom. The molecule has 2 aromatic carbocycles. The van der Waals surface area contributed by atoms with E-state index in [1.54, 1.807) is 24.5 Å². The molecule has 6 heteroatoms. The Morgan fingerprint density at radius 2 is 1.89 bits per heavy atom. The number of rotatable bonds is 4. The van der Waals surface area contributed by atoms with E-state index in [1.165, 1.54) is 13.2 Å². The molecule has 0 radical (unpaired) electrons. The molecule has 2 heterocycles. The molecule has 140 valence electrons. The van der Waals surface area contributed by atoms with Crippen molar-refractivity contribution in [3.63, 3.8) is 0 Å². The summed E-state index contributed by atoms with van der Waals surface area (Å²) in [5, 5.41) is 4.04. The number of aryl methyl sites for hydroxylation is 1. The van der Waals surface area contributed by atoms with Crippen molar-refractivity contribution in [3.8, 4) is 28.3 Å². The van der Waals surface area contributed by atoms with Crippen LogP contribution in [0.3, 0.4) is 0 Å². The highest BCUT2D eigenvalue weighted by Crippen LogP contribution is 2.34. The molecule has 0 aliphatic carbocycles. The maximum absolute atomic E-state index is 13.8. The molecule has 0 spiro atoms. The van der Waals surface area contributed by atoms with Crippen molar-refractivity contribution >= 4 is 16.7 Å². The predicted octanol–water partition coefficient (Wildman–Crippen LogP) is 4.86. The van der Waals surface area contributed by atoms with Crippen molar-refractivity contribution < 1.29 is 9.13 Å². The van der Waals surface area contributed by atoms with E-state index in [0.717, 1.165) is 39.0 Å². The predicted molar refractivity (Wildman–Crippen MR) is 109 cm³/mol. The van der Waals surface area contributed by atoms with Gasteiger partial charge in [0.25, 0.3) is 0 Å². The van der Waals surface area contributed by atoms with Gasteiger partial charge in [0.15, 0.2) is 17.4 Å². The van der Waals surface area contributed by atoms with Crippen LogP contribution in [0.5, 0.6) is 5.75 Å². The summed E-state index contributed by atoms with van der Waals surface area (Å²) < 4.78 is 18.9. The Bertz CT molecular complexity index is 1160. The van der Waals surface area contributed by atoms with Gasteiger partial charge in [0.05, 0.1) is 12.6 Å². The summed E-state index contributed by atoms with van der Waals surface area (Å²) in [5.74, 6) is 1.17. The fourth-order valence-corrected chi connectivity index (χ4v) is 3.23. The number of halogens is 1. The van der Waals surface area contributed by atoms with E-state index in [0.29, 0.717) is 5.82 Å². The highest BCUT2D eigenvalue weighted by Gasteiger charge is 2.13. The molecular weight excluding hydrogens is 355 g/mol. The Morgan fingerprint density at radius 3 is 2.61 bits per heavy atom.